The third kappa shape index (κ3) is 2.18. The Bertz CT molecular complexity index is 522. The Morgan fingerprint density at radius 1 is 1.45 bits per heavy atom. The third-order valence-electron chi connectivity index (χ3n) is 4.87. The standard InChI is InChI=1S/C16H21NO3/c1-10(16(18)19)12-8-17(9-12)15-6-4-11-3-5-13(20-2)7-14(11)15/h3,5,7,10,12,15H,4,6,8-9H2,1-2H3,(H,18,19). The van der Waals surface area contributed by atoms with E-state index >= 15 is 0 Å². The fourth-order valence-corrected chi connectivity index (χ4v) is 3.39. The molecule has 2 unspecified atom stereocenters. The highest BCUT2D eigenvalue weighted by molar-refractivity contribution is 5.70. The molecule has 0 amide bonds. The second kappa shape index (κ2) is 5.09. The largest absolute Gasteiger partial charge is 0.497 e. The molecule has 1 aliphatic carbocycles. The quantitative estimate of drug-likeness (QED) is 0.916. The first-order valence-corrected chi connectivity index (χ1v) is 7.24. The van der Waals surface area contributed by atoms with Crippen LogP contribution in [-0.2, 0) is 11.2 Å². The number of rotatable bonds is 4. The fourth-order valence-electron chi connectivity index (χ4n) is 3.39. The Hall–Kier alpha value is -1.55. The maximum absolute atomic E-state index is 11.0. The normalized spacial score (nSPS) is 24.0. The van der Waals surface area contributed by atoms with Gasteiger partial charge in [-0.15, -0.1) is 0 Å². The molecule has 1 aliphatic heterocycles. The van der Waals surface area contributed by atoms with Crippen molar-refractivity contribution in [2.45, 2.75) is 25.8 Å². The van der Waals surface area contributed by atoms with E-state index in [4.69, 9.17) is 9.84 Å². The zero-order valence-corrected chi connectivity index (χ0v) is 12.0. The van der Waals surface area contributed by atoms with Crippen LogP contribution in [-0.4, -0.2) is 36.2 Å². The highest BCUT2D eigenvalue weighted by Crippen LogP contribution is 2.41. The predicted molar refractivity (Wildman–Crippen MR) is 75.9 cm³/mol. The number of fused-ring (bicyclic) bond motifs is 1. The molecular formula is C16H21NO3. The minimum Gasteiger partial charge on any atom is -0.497 e. The van der Waals surface area contributed by atoms with E-state index in [1.54, 1.807) is 7.11 Å². The van der Waals surface area contributed by atoms with E-state index in [1.807, 2.05) is 13.0 Å². The second-order valence-electron chi connectivity index (χ2n) is 5.96. The van der Waals surface area contributed by atoms with Crippen molar-refractivity contribution in [2.75, 3.05) is 20.2 Å². The SMILES string of the molecule is COc1ccc2c(c1)C(N1CC(C(C)C(=O)O)C1)CC2. The van der Waals surface area contributed by atoms with Gasteiger partial charge in [0.1, 0.15) is 5.75 Å². The van der Waals surface area contributed by atoms with Crippen LogP contribution in [0.3, 0.4) is 0 Å². The minimum absolute atomic E-state index is 0.238. The molecule has 0 radical (unpaired) electrons. The van der Waals surface area contributed by atoms with Gasteiger partial charge < -0.3 is 9.84 Å². The Labute approximate surface area is 119 Å². The average Bonchev–Trinajstić information content (AvgIpc) is 2.79. The van der Waals surface area contributed by atoms with Gasteiger partial charge in [0.25, 0.3) is 0 Å². The molecule has 1 N–H and O–H groups in total. The first-order chi connectivity index (χ1) is 9.60. The third-order valence-corrected chi connectivity index (χ3v) is 4.87. The number of nitrogens with zero attached hydrogens (tertiary/aromatic N) is 1. The van der Waals surface area contributed by atoms with Crippen LogP contribution >= 0.6 is 0 Å². The van der Waals surface area contributed by atoms with Crippen LogP contribution in [0.4, 0.5) is 0 Å². The van der Waals surface area contributed by atoms with Gasteiger partial charge >= 0.3 is 5.97 Å². The average molecular weight is 275 g/mol. The lowest BCUT2D eigenvalue weighted by Gasteiger charge is -2.45. The number of methoxy groups -OCH3 is 1. The molecule has 2 aliphatic rings. The maximum atomic E-state index is 11.0. The highest BCUT2D eigenvalue weighted by Gasteiger charge is 2.40. The monoisotopic (exact) mass is 275 g/mol. The summed E-state index contributed by atoms with van der Waals surface area (Å²) in [4.78, 5) is 13.4. The van der Waals surface area contributed by atoms with E-state index in [0.717, 1.165) is 31.7 Å². The van der Waals surface area contributed by atoms with E-state index in [2.05, 4.69) is 17.0 Å². The van der Waals surface area contributed by atoms with E-state index in [-0.39, 0.29) is 5.92 Å². The number of aliphatic carboxylic acids is 1. The number of likely N-dealkylation sites (tertiary alicyclic amines) is 1. The summed E-state index contributed by atoms with van der Waals surface area (Å²) in [5, 5.41) is 9.06. The lowest BCUT2D eigenvalue weighted by Crippen LogP contribution is -2.51. The summed E-state index contributed by atoms with van der Waals surface area (Å²) in [7, 11) is 1.69. The molecule has 0 saturated carbocycles. The van der Waals surface area contributed by atoms with Crippen LogP contribution in [0.25, 0.3) is 0 Å². The number of hydrogen-bond donors (Lipinski definition) is 1. The van der Waals surface area contributed by atoms with E-state index < -0.39 is 5.97 Å². The zero-order chi connectivity index (χ0) is 14.3. The predicted octanol–water partition coefficient (Wildman–Crippen LogP) is 2.33. The number of carboxylic acids is 1. The highest BCUT2D eigenvalue weighted by atomic mass is 16.5. The van der Waals surface area contributed by atoms with Crippen molar-refractivity contribution in [3.63, 3.8) is 0 Å². The molecule has 1 heterocycles. The van der Waals surface area contributed by atoms with E-state index in [9.17, 15) is 4.79 Å². The van der Waals surface area contributed by atoms with E-state index in [1.165, 1.54) is 11.1 Å². The summed E-state index contributed by atoms with van der Waals surface area (Å²) in [6.07, 6.45) is 2.25. The maximum Gasteiger partial charge on any atom is 0.306 e. The Morgan fingerprint density at radius 2 is 2.20 bits per heavy atom. The molecule has 1 aromatic carbocycles. The van der Waals surface area contributed by atoms with Gasteiger partial charge in [0.15, 0.2) is 0 Å². The molecule has 20 heavy (non-hydrogen) atoms. The van der Waals surface area contributed by atoms with Gasteiger partial charge in [-0.2, -0.15) is 0 Å². The fraction of sp³-hybridized carbons (Fsp3) is 0.562. The Morgan fingerprint density at radius 3 is 2.85 bits per heavy atom. The van der Waals surface area contributed by atoms with Crippen LogP contribution < -0.4 is 4.74 Å². The van der Waals surface area contributed by atoms with Crippen molar-refractivity contribution in [1.29, 1.82) is 0 Å². The lowest BCUT2D eigenvalue weighted by molar-refractivity contribution is -0.146. The van der Waals surface area contributed by atoms with Gasteiger partial charge in [-0.3, -0.25) is 9.69 Å². The van der Waals surface area contributed by atoms with Gasteiger partial charge in [0.2, 0.25) is 0 Å². The molecule has 2 atom stereocenters. The number of carbonyl (C=O) groups is 1. The van der Waals surface area contributed by atoms with Crippen LogP contribution in [0.1, 0.15) is 30.5 Å². The van der Waals surface area contributed by atoms with Crippen LogP contribution in [0, 0.1) is 11.8 Å². The molecule has 4 nitrogen and oxygen atoms in total. The summed E-state index contributed by atoms with van der Waals surface area (Å²) in [6.45, 7) is 3.61. The van der Waals surface area contributed by atoms with Gasteiger partial charge in [-0.1, -0.05) is 13.0 Å². The van der Waals surface area contributed by atoms with Gasteiger partial charge in [-0.05, 0) is 42.0 Å². The Kier molecular flexibility index (Phi) is 3.42. The number of ether oxygens (including phenoxy) is 1. The molecule has 1 aromatic rings. The molecule has 4 heteroatoms. The van der Waals surface area contributed by atoms with Crippen LogP contribution in [0.5, 0.6) is 5.75 Å². The zero-order valence-electron chi connectivity index (χ0n) is 12.0. The van der Waals surface area contributed by atoms with Gasteiger partial charge in [-0.25, -0.2) is 0 Å². The van der Waals surface area contributed by atoms with Gasteiger partial charge in [0.05, 0.1) is 13.0 Å². The summed E-state index contributed by atoms with van der Waals surface area (Å²) in [6, 6.07) is 6.76. The first-order valence-electron chi connectivity index (χ1n) is 7.24. The molecule has 0 bridgehead atoms. The molecule has 0 spiro atoms. The van der Waals surface area contributed by atoms with Crippen molar-refractivity contribution < 1.29 is 14.6 Å². The molecule has 1 fully saturated rings. The summed E-state index contributed by atoms with van der Waals surface area (Å²) < 4.78 is 5.31. The van der Waals surface area contributed by atoms with Crippen LogP contribution in [0.15, 0.2) is 18.2 Å². The molecule has 0 aromatic heterocycles. The van der Waals surface area contributed by atoms with Crippen molar-refractivity contribution in [2.24, 2.45) is 11.8 Å². The van der Waals surface area contributed by atoms with Crippen molar-refractivity contribution in [1.82, 2.24) is 4.90 Å². The summed E-state index contributed by atoms with van der Waals surface area (Å²) >= 11 is 0. The van der Waals surface area contributed by atoms with Crippen LogP contribution in [0.2, 0.25) is 0 Å². The number of carboxylic acid groups (broad SMARTS) is 1. The smallest absolute Gasteiger partial charge is 0.306 e. The first kappa shape index (κ1) is 13.4. The van der Waals surface area contributed by atoms with Crippen molar-refractivity contribution in [3.8, 4) is 5.75 Å². The second-order valence-corrected chi connectivity index (χ2v) is 5.96. The number of aryl methyl sites for hydroxylation is 1. The molecule has 108 valence electrons. The molecular weight excluding hydrogens is 254 g/mol. The van der Waals surface area contributed by atoms with E-state index in [0.29, 0.717) is 12.0 Å². The topological polar surface area (TPSA) is 49.8 Å². The van der Waals surface area contributed by atoms with Crippen molar-refractivity contribution in [3.05, 3.63) is 29.3 Å². The summed E-state index contributed by atoms with van der Waals surface area (Å²) in [5.74, 6) is 0.286. The van der Waals surface area contributed by atoms with Gasteiger partial charge in [0, 0.05) is 19.1 Å². The molecule has 1 saturated heterocycles. The Balaban J connectivity index is 1.69. The minimum atomic E-state index is -0.678. The summed E-state index contributed by atoms with van der Waals surface area (Å²) in [5.41, 5.74) is 2.77. The van der Waals surface area contributed by atoms with Crippen molar-refractivity contribution >= 4 is 5.97 Å². The molecule has 3 rings (SSSR count). The lowest BCUT2D eigenvalue weighted by atomic mass is 9.85. The number of benzene rings is 1. The number of hydrogen-bond acceptors (Lipinski definition) is 3.